The van der Waals surface area contributed by atoms with Crippen molar-refractivity contribution >= 4 is 71.2 Å². The van der Waals surface area contributed by atoms with Gasteiger partial charge in [-0.2, -0.15) is 5.01 Å². The summed E-state index contributed by atoms with van der Waals surface area (Å²) in [5.74, 6) is -2.67. The molecule has 0 N–H and O–H groups in total. The monoisotopic (exact) mass is 653 g/mol. The molecule has 2 aromatic carbocycles. The molecule has 1 heterocycles. The molecule has 2 bridgehead atoms. The molecule has 3 aliphatic rings. The molecule has 2 aliphatic carbocycles. The summed E-state index contributed by atoms with van der Waals surface area (Å²) < 4.78 is 0.832. The summed E-state index contributed by atoms with van der Waals surface area (Å²) in [6, 6.07) is 12.7. The highest BCUT2D eigenvalue weighted by Gasteiger charge is 2.67. The lowest BCUT2D eigenvalue weighted by Gasteiger charge is -2.31. The zero-order valence-electron chi connectivity index (χ0n) is 17.5. The normalized spacial score (nSPS) is 29.4. The molecule has 11 heteroatoms. The first-order valence-electron chi connectivity index (χ1n) is 10.7. The van der Waals surface area contributed by atoms with Gasteiger partial charge >= 0.3 is 0 Å². The van der Waals surface area contributed by atoms with Crippen molar-refractivity contribution in [3.05, 3.63) is 74.2 Å². The van der Waals surface area contributed by atoms with Crippen LogP contribution in [0.5, 0.6) is 0 Å². The number of fused-ring (bicyclic) bond motifs is 5. The number of hydrazine groups is 1. The lowest BCUT2D eigenvalue weighted by atomic mass is 9.81. The number of nitro groups is 1. The Morgan fingerprint density at radius 3 is 2.12 bits per heavy atom. The fourth-order valence-corrected chi connectivity index (χ4v) is 7.66. The van der Waals surface area contributed by atoms with Crippen molar-refractivity contribution < 1.29 is 19.3 Å². The predicted molar refractivity (Wildman–Crippen MR) is 133 cm³/mol. The highest BCUT2D eigenvalue weighted by molar-refractivity contribution is 9.12. The molecule has 0 spiro atoms. The van der Waals surface area contributed by atoms with Crippen molar-refractivity contribution in [2.24, 2.45) is 23.7 Å². The Kier molecular flexibility index (Phi) is 6.14. The van der Waals surface area contributed by atoms with Crippen LogP contribution in [0, 0.1) is 33.8 Å². The fraction of sp³-hybridized carbons (Fsp3) is 0.348. The van der Waals surface area contributed by atoms with Crippen molar-refractivity contribution in [1.82, 2.24) is 10.0 Å². The fourth-order valence-electron chi connectivity index (χ4n) is 5.52. The van der Waals surface area contributed by atoms with E-state index in [4.69, 9.17) is 0 Å². The Hall–Kier alpha value is -2.11. The first-order chi connectivity index (χ1) is 16.2. The lowest BCUT2D eigenvalue weighted by Crippen LogP contribution is -2.50. The van der Waals surface area contributed by atoms with Gasteiger partial charge in [0.15, 0.2) is 0 Å². The van der Waals surface area contributed by atoms with Crippen LogP contribution in [0.15, 0.2) is 53.0 Å². The van der Waals surface area contributed by atoms with Crippen LogP contribution in [0.4, 0.5) is 5.69 Å². The Morgan fingerprint density at radius 2 is 1.56 bits per heavy atom. The van der Waals surface area contributed by atoms with Gasteiger partial charge in [-0.05, 0) is 42.0 Å². The summed E-state index contributed by atoms with van der Waals surface area (Å²) in [4.78, 5) is 52.0. The van der Waals surface area contributed by atoms with Crippen molar-refractivity contribution in [3.8, 4) is 0 Å². The summed E-state index contributed by atoms with van der Waals surface area (Å²) in [5.41, 5.74) is 0.114. The minimum atomic E-state index is -0.768. The second-order valence-electron chi connectivity index (χ2n) is 8.76. The quantitative estimate of drug-likeness (QED) is 0.201. The van der Waals surface area contributed by atoms with Crippen LogP contribution in [0.25, 0.3) is 0 Å². The predicted octanol–water partition coefficient (Wildman–Crippen LogP) is 4.69. The van der Waals surface area contributed by atoms with E-state index in [1.54, 1.807) is 24.3 Å². The van der Waals surface area contributed by atoms with Gasteiger partial charge in [-0.3, -0.25) is 24.5 Å². The van der Waals surface area contributed by atoms with E-state index in [1.807, 2.05) is 0 Å². The summed E-state index contributed by atoms with van der Waals surface area (Å²) >= 11 is 10.7. The van der Waals surface area contributed by atoms with Gasteiger partial charge in [0.2, 0.25) is 0 Å². The molecular formula is C23H18Br3N3O5. The van der Waals surface area contributed by atoms with E-state index in [0.717, 1.165) is 20.9 Å². The van der Waals surface area contributed by atoms with Crippen molar-refractivity contribution in [3.63, 3.8) is 0 Å². The van der Waals surface area contributed by atoms with Gasteiger partial charge in [-0.1, -0.05) is 72.1 Å². The van der Waals surface area contributed by atoms with Crippen LogP contribution >= 0.6 is 47.8 Å². The summed E-state index contributed by atoms with van der Waals surface area (Å²) in [6.07, 6.45) is 0.761. The molecule has 0 aromatic heterocycles. The largest absolute Gasteiger partial charge is 0.282 e. The number of carbonyl (C=O) groups excluding carboxylic acids is 3. The number of imide groups is 1. The number of para-hydroxylation sites is 1. The smallest absolute Gasteiger partial charge is 0.272 e. The molecule has 5 rings (SSSR count). The maximum Gasteiger partial charge on any atom is 0.282 e. The van der Waals surface area contributed by atoms with Crippen LogP contribution < -0.4 is 0 Å². The lowest BCUT2D eigenvalue weighted by molar-refractivity contribution is -0.385. The molecule has 34 heavy (non-hydrogen) atoms. The van der Waals surface area contributed by atoms with Gasteiger partial charge in [-0.15, -0.1) is 0 Å². The van der Waals surface area contributed by atoms with Gasteiger partial charge in [0.05, 0.1) is 23.3 Å². The Balaban J connectivity index is 1.56. The Labute approximate surface area is 220 Å². The molecular weight excluding hydrogens is 638 g/mol. The zero-order chi connectivity index (χ0) is 24.3. The van der Waals surface area contributed by atoms with E-state index in [-0.39, 0.29) is 39.3 Å². The first-order valence-corrected chi connectivity index (χ1v) is 13.3. The molecule has 1 aliphatic heterocycles. The third kappa shape index (κ3) is 3.63. The standard InChI is InChI=1S/C23H18Br3N3O5/c24-12-7-5-11(6-8-12)10-27(21(30)13-3-1-2-4-16(13)29(33)34)28-22(31)17-14-9-15(18(17)23(28)32)20(26)19(14)25/h1-8,14-15,17-20H,9-10H2/t14-,15-,17-,18+,19-,20+/m1/s1. The Morgan fingerprint density at radius 1 is 1.00 bits per heavy atom. The topological polar surface area (TPSA) is 101 Å². The van der Waals surface area contributed by atoms with Crippen LogP contribution in [-0.2, 0) is 16.1 Å². The molecule has 2 aromatic rings. The number of carbonyl (C=O) groups is 3. The number of halogens is 3. The average Bonchev–Trinajstić information content (AvgIpc) is 3.43. The third-order valence-electron chi connectivity index (χ3n) is 7.02. The minimum Gasteiger partial charge on any atom is -0.272 e. The van der Waals surface area contributed by atoms with Crippen molar-refractivity contribution in [2.75, 3.05) is 0 Å². The van der Waals surface area contributed by atoms with Gasteiger partial charge in [0.25, 0.3) is 23.4 Å². The summed E-state index contributed by atoms with van der Waals surface area (Å²) in [7, 11) is 0. The molecule has 6 atom stereocenters. The van der Waals surface area contributed by atoms with Crippen LogP contribution in [0.1, 0.15) is 22.3 Å². The average molecular weight is 656 g/mol. The number of hydrogen-bond donors (Lipinski definition) is 0. The maximum atomic E-state index is 13.7. The molecule has 0 unspecified atom stereocenters. The number of hydrogen-bond acceptors (Lipinski definition) is 5. The number of nitrogens with zero attached hydrogens (tertiary/aromatic N) is 3. The molecule has 176 valence electrons. The number of rotatable bonds is 5. The minimum absolute atomic E-state index is 0.0171. The van der Waals surface area contributed by atoms with E-state index in [1.165, 1.54) is 24.3 Å². The van der Waals surface area contributed by atoms with Gasteiger partial charge in [0, 0.05) is 20.2 Å². The van der Waals surface area contributed by atoms with Crippen LogP contribution in [0.3, 0.4) is 0 Å². The summed E-state index contributed by atoms with van der Waals surface area (Å²) in [5, 5.41) is 13.6. The van der Waals surface area contributed by atoms with E-state index in [0.29, 0.717) is 5.56 Å². The molecule has 1 saturated heterocycles. The first kappa shape index (κ1) is 23.6. The van der Waals surface area contributed by atoms with Crippen LogP contribution in [-0.4, -0.2) is 42.3 Å². The molecule has 3 amide bonds. The van der Waals surface area contributed by atoms with Gasteiger partial charge in [-0.25, -0.2) is 5.01 Å². The third-order valence-corrected chi connectivity index (χ3v) is 10.8. The Bertz CT molecular complexity index is 1170. The maximum absolute atomic E-state index is 13.7. The number of amides is 3. The van der Waals surface area contributed by atoms with E-state index in [9.17, 15) is 24.5 Å². The van der Waals surface area contributed by atoms with E-state index < -0.39 is 34.5 Å². The summed E-state index contributed by atoms with van der Waals surface area (Å²) in [6.45, 7) is -0.0834. The van der Waals surface area contributed by atoms with Gasteiger partial charge < -0.3 is 0 Å². The highest BCUT2D eigenvalue weighted by Crippen LogP contribution is 2.60. The highest BCUT2D eigenvalue weighted by atomic mass is 79.9. The van der Waals surface area contributed by atoms with Crippen molar-refractivity contribution in [2.45, 2.75) is 22.6 Å². The van der Waals surface area contributed by atoms with Crippen LogP contribution in [0.2, 0.25) is 0 Å². The zero-order valence-corrected chi connectivity index (χ0v) is 22.3. The van der Waals surface area contributed by atoms with E-state index in [2.05, 4.69) is 47.8 Å². The molecule has 0 radical (unpaired) electrons. The molecule has 2 saturated carbocycles. The number of alkyl halides is 2. The van der Waals surface area contributed by atoms with E-state index >= 15 is 0 Å². The number of nitro benzene ring substituents is 1. The number of benzene rings is 2. The SMILES string of the molecule is O=C(c1ccccc1[N+](=O)[O-])N(Cc1ccc(Br)cc1)N1C(=O)[C@@H]2[C@H]3C[C@@H]([C@H](Br)[C@@H]3Br)[C@@H]2C1=O. The van der Waals surface area contributed by atoms with Crippen molar-refractivity contribution in [1.29, 1.82) is 0 Å². The molecule has 3 fully saturated rings. The second-order valence-corrected chi connectivity index (χ2v) is 11.8. The van der Waals surface area contributed by atoms with Gasteiger partial charge in [0.1, 0.15) is 5.56 Å². The molecule has 8 nitrogen and oxygen atoms in total. The second kappa shape index (κ2) is 8.83.